The number of hydrogen-bond donors (Lipinski definition) is 0. The van der Waals surface area contributed by atoms with E-state index < -0.39 is 0 Å². The average Bonchev–Trinajstić information content (AvgIpc) is 2.32. The summed E-state index contributed by atoms with van der Waals surface area (Å²) in [5.41, 5.74) is 1.73. The molecule has 0 saturated heterocycles. The predicted octanol–water partition coefficient (Wildman–Crippen LogP) is 3.30. The van der Waals surface area contributed by atoms with Crippen molar-refractivity contribution < 1.29 is 0 Å². The third kappa shape index (κ3) is 2.71. The van der Waals surface area contributed by atoms with Crippen LogP contribution in [0.1, 0.15) is 6.92 Å². The van der Waals surface area contributed by atoms with Gasteiger partial charge in [0.2, 0.25) is 5.16 Å². The minimum absolute atomic E-state index is 0.709. The summed E-state index contributed by atoms with van der Waals surface area (Å²) in [5.74, 6) is 0.946. The van der Waals surface area contributed by atoms with Crippen LogP contribution in [-0.4, -0.2) is 20.9 Å². The normalized spacial score (nSPS) is 10.4. The first-order valence-corrected chi connectivity index (χ1v) is 6.24. The summed E-state index contributed by atoms with van der Waals surface area (Å²) < 4.78 is 0. The number of benzene rings is 1. The molecule has 1 aromatic carbocycles. The number of rotatable bonds is 3. The van der Waals surface area contributed by atoms with Crippen molar-refractivity contribution >= 4 is 23.4 Å². The molecule has 1 aromatic heterocycles. The van der Waals surface area contributed by atoms with E-state index in [2.05, 4.69) is 22.1 Å². The van der Waals surface area contributed by atoms with Crippen LogP contribution in [0.25, 0.3) is 11.3 Å². The lowest BCUT2D eigenvalue weighted by atomic mass is 10.2. The molecule has 5 heteroatoms. The van der Waals surface area contributed by atoms with Gasteiger partial charge in [0.25, 0.3) is 0 Å². The van der Waals surface area contributed by atoms with Crippen molar-refractivity contribution in [2.75, 3.05) is 5.75 Å². The Kier molecular flexibility index (Phi) is 3.74. The maximum atomic E-state index is 5.81. The molecule has 0 aliphatic rings. The Morgan fingerprint density at radius 1 is 1.19 bits per heavy atom. The van der Waals surface area contributed by atoms with Gasteiger partial charge in [-0.2, -0.15) is 0 Å². The van der Waals surface area contributed by atoms with Crippen LogP contribution >= 0.6 is 23.4 Å². The fourth-order valence-electron chi connectivity index (χ4n) is 1.21. The Morgan fingerprint density at radius 2 is 1.94 bits per heavy atom. The first-order chi connectivity index (χ1) is 7.79. The molecule has 1 heterocycles. The highest BCUT2D eigenvalue weighted by Crippen LogP contribution is 2.19. The standard InChI is InChI=1S/C11H10ClN3S/c1-2-16-11-13-7-10(14-15-11)8-3-5-9(12)6-4-8/h3-7H,2H2,1H3. The molecule has 0 saturated carbocycles. The van der Waals surface area contributed by atoms with Gasteiger partial charge >= 0.3 is 0 Å². The summed E-state index contributed by atoms with van der Waals surface area (Å²) in [7, 11) is 0. The Labute approximate surface area is 103 Å². The molecule has 0 fully saturated rings. The molecule has 0 N–H and O–H groups in total. The summed E-state index contributed by atoms with van der Waals surface area (Å²) in [4.78, 5) is 4.22. The van der Waals surface area contributed by atoms with Gasteiger partial charge in [-0.25, -0.2) is 4.98 Å². The van der Waals surface area contributed by atoms with E-state index in [1.807, 2.05) is 24.3 Å². The van der Waals surface area contributed by atoms with Gasteiger partial charge < -0.3 is 0 Å². The second-order valence-corrected chi connectivity index (χ2v) is 4.73. The third-order valence-corrected chi connectivity index (χ3v) is 2.94. The number of halogens is 1. The van der Waals surface area contributed by atoms with Crippen LogP contribution in [0, 0.1) is 0 Å². The van der Waals surface area contributed by atoms with E-state index in [1.54, 1.807) is 18.0 Å². The topological polar surface area (TPSA) is 38.7 Å². The zero-order valence-corrected chi connectivity index (χ0v) is 10.3. The molecule has 2 rings (SSSR count). The van der Waals surface area contributed by atoms with Crippen LogP contribution in [0.5, 0.6) is 0 Å². The number of aromatic nitrogens is 3. The lowest BCUT2D eigenvalue weighted by Crippen LogP contribution is -1.93. The highest BCUT2D eigenvalue weighted by molar-refractivity contribution is 7.99. The maximum absolute atomic E-state index is 5.81. The van der Waals surface area contributed by atoms with E-state index >= 15 is 0 Å². The van der Waals surface area contributed by atoms with Gasteiger partial charge in [0, 0.05) is 10.6 Å². The van der Waals surface area contributed by atoms with Crippen LogP contribution in [0.3, 0.4) is 0 Å². The van der Waals surface area contributed by atoms with Crippen molar-refractivity contribution in [2.45, 2.75) is 12.1 Å². The van der Waals surface area contributed by atoms with E-state index in [4.69, 9.17) is 11.6 Å². The quantitative estimate of drug-likeness (QED) is 0.785. The van der Waals surface area contributed by atoms with Crippen LogP contribution in [-0.2, 0) is 0 Å². The van der Waals surface area contributed by atoms with Crippen molar-refractivity contribution in [1.82, 2.24) is 15.2 Å². The second kappa shape index (κ2) is 5.27. The van der Waals surface area contributed by atoms with Crippen LogP contribution in [0.15, 0.2) is 35.6 Å². The molecule has 16 heavy (non-hydrogen) atoms. The molecule has 3 nitrogen and oxygen atoms in total. The lowest BCUT2D eigenvalue weighted by molar-refractivity contribution is 0.845. The number of nitrogens with zero attached hydrogens (tertiary/aromatic N) is 3. The third-order valence-electron chi connectivity index (χ3n) is 1.95. The molecular weight excluding hydrogens is 242 g/mol. The van der Waals surface area contributed by atoms with Crippen LogP contribution < -0.4 is 0 Å². The van der Waals surface area contributed by atoms with Crippen molar-refractivity contribution in [1.29, 1.82) is 0 Å². The average molecular weight is 252 g/mol. The van der Waals surface area contributed by atoms with Crippen LogP contribution in [0.4, 0.5) is 0 Å². The molecule has 0 aliphatic heterocycles. The zero-order valence-electron chi connectivity index (χ0n) is 8.72. The first-order valence-electron chi connectivity index (χ1n) is 4.88. The smallest absolute Gasteiger partial charge is 0.209 e. The molecule has 2 aromatic rings. The highest BCUT2D eigenvalue weighted by Gasteiger charge is 2.02. The summed E-state index contributed by atoms with van der Waals surface area (Å²) in [6.45, 7) is 2.06. The minimum atomic E-state index is 0.709. The van der Waals surface area contributed by atoms with E-state index in [0.717, 1.165) is 17.0 Å². The molecular formula is C11H10ClN3S. The minimum Gasteiger partial charge on any atom is -0.227 e. The van der Waals surface area contributed by atoms with E-state index in [0.29, 0.717) is 10.2 Å². The summed E-state index contributed by atoms with van der Waals surface area (Å²) in [6, 6.07) is 7.46. The molecule has 0 unspecified atom stereocenters. The van der Waals surface area contributed by atoms with E-state index in [9.17, 15) is 0 Å². The Hall–Kier alpha value is -1.13. The highest BCUT2D eigenvalue weighted by atomic mass is 35.5. The van der Waals surface area contributed by atoms with Gasteiger partial charge in [-0.1, -0.05) is 42.4 Å². The lowest BCUT2D eigenvalue weighted by Gasteiger charge is -2.00. The molecule has 0 spiro atoms. The van der Waals surface area contributed by atoms with E-state index in [1.165, 1.54) is 0 Å². The predicted molar refractivity (Wildman–Crippen MR) is 66.7 cm³/mol. The Morgan fingerprint density at radius 3 is 2.50 bits per heavy atom. The fourth-order valence-corrected chi connectivity index (χ4v) is 1.82. The SMILES string of the molecule is CCSc1ncc(-c2ccc(Cl)cc2)nn1. The van der Waals surface area contributed by atoms with Crippen molar-refractivity contribution in [2.24, 2.45) is 0 Å². The van der Waals surface area contributed by atoms with Crippen molar-refractivity contribution in [3.63, 3.8) is 0 Å². The summed E-state index contributed by atoms with van der Waals surface area (Å²) in [6.07, 6.45) is 1.73. The summed E-state index contributed by atoms with van der Waals surface area (Å²) >= 11 is 7.39. The van der Waals surface area contributed by atoms with Gasteiger partial charge in [-0.05, 0) is 17.9 Å². The largest absolute Gasteiger partial charge is 0.227 e. The van der Waals surface area contributed by atoms with Crippen LogP contribution in [0.2, 0.25) is 5.02 Å². The van der Waals surface area contributed by atoms with Crippen molar-refractivity contribution in [3.05, 3.63) is 35.5 Å². The second-order valence-electron chi connectivity index (χ2n) is 3.07. The van der Waals surface area contributed by atoms with Gasteiger partial charge in [-0.3, -0.25) is 0 Å². The number of hydrogen-bond acceptors (Lipinski definition) is 4. The Balaban J connectivity index is 2.24. The molecule has 0 atom stereocenters. The van der Waals surface area contributed by atoms with Gasteiger partial charge in [0.1, 0.15) is 5.69 Å². The van der Waals surface area contributed by atoms with Gasteiger partial charge in [-0.15, -0.1) is 10.2 Å². The van der Waals surface area contributed by atoms with Crippen molar-refractivity contribution in [3.8, 4) is 11.3 Å². The maximum Gasteiger partial charge on any atom is 0.209 e. The number of thioether (sulfide) groups is 1. The first kappa shape index (κ1) is 11.4. The van der Waals surface area contributed by atoms with Gasteiger partial charge in [0.15, 0.2) is 0 Å². The zero-order chi connectivity index (χ0) is 11.4. The summed E-state index contributed by atoms with van der Waals surface area (Å²) in [5, 5.41) is 9.58. The molecule has 0 aliphatic carbocycles. The van der Waals surface area contributed by atoms with Gasteiger partial charge in [0.05, 0.1) is 6.20 Å². The Bertz CT molecular complexity index is 456. The molecule has 82 valence electrons. The fraction of sp³-hybridized carbons (Fsp3) is 0.182. The molecule has 0 amide bonds. The molecule has 0 bridgehead atoms. The van der Waals surface area contributed by atoms with E-state index in [-0.39, 0.29) is 0 Å². The molecule has 0 radical (unpaired) electrons. The monoisotopic (exact) mass is 251 g/mol.